The quantitative estimate of drug-likeness (QED) is 0.770. The largest absolute Gasteiger partial charge is 0.336 e. The van der Waals surface area contributed by atoms with Crippen LogP contribution in [0.3, 0.4) is 0 Å². The van der Waals surface area contributed by atoms with Gasteiger partial charge in [0.15, 0.2) is 11.5 Å². The minimum absolute atomic E-state index is 0.349. The van der Waals surface area contributed by atoms with Crippen molar-refractivity contribution in [3.63, 3.8) is 0 Å². The van der Waals surface area contributed by atoms with Gasteiger partial charge in [0.05, 0.1) is 11.9 Å². The summed E-state index contributed by atoms with van der Waals surface area (Å²) in [5.74, 6) is -2.27. The maximum absolute atomic E-state index is 13.9. The van der Waals surface area contributed by atoms with E-state index in [0.29, 0.717) is 32.0 Å². The first-order chi connectivity index (χ1) is 12.6. The van der Waals surface area contributed by atoms with Gasteiger partial charge >= 0.3 is 0 Å². The molecule has 2 aromatic heterocycles. The molecule has 5 nitrogen and oxygen atoms in total. The van der Waals surface area contributed by atoms with E-state index in [-0.39, 0.29) is 5.69 Å². The van der Waals surface area contributed by atoms with Crippen LogP contribution in [-0.4, -0.2) is 39.1 Å². The van der Waals surface area contributed by atoms with E-state index in [4.69, 9.17) is 0 Å². The number of aromatic nitrogens is 3. The Hall–Kier alpha value is -3.09. The van der Waals surface area contributed by atoms with Gasteiger partial charge in [0, 0.05) is 42.4 Å². The van der Waals surface area contributed by atoms with Crippen LogP contribution in [0.4, 0.5) is 8.78 Å². The highest BCUT2D eigenvalue weighted by Crippen LogP contribution is 2.26. The number of carbonyl (C=O) groups excluding carboxylic acids is 1. The first-order valence-electron chi connectivity index (χ1n) is 8.35. The second-order valence-electron chi connectivity index (χ2n) is 6.17. The van der Waals surface area contributed by atoms with Crippen LogP contribution in [0, 0.1) is 11.6 Å². The Bertz CT molecular complexity index is 955. The smallest absolute Gasteiger partial charge is 0.275 e. The SMILES string of the molecule is O=C(c1ncc(F)cc1F)N1CCc2[nH]nc(-c3ccccc3)c2CC1. The lowest BCUT2D eigenvalue weighted by atomic mass is 10.0. The predicted molar refractivity (Wildman–Crippen MR) is 91.5 cm³/mol. The van der Waals surface area contributed by atoms with E-state index in [1.165, 1.54) is 0 Å². The average Bonchev–Trinajstić information content (AvgIpc) is 2.93. The lowest BCUT2D eigenvalue weighted by molar-refractivity contribution is 0.0751. The molecular weight excluding hydrogens is 338 g/mol. The van der Waals surface area contributed by atoms with E-state index in [2.05, 4.69) is 15.2 Å². The van der Waals surface area contributed by atoms with Crippen molar-refractivity contribution in [2.45, 2.75) is 12.8 Å². The second kappa shape index (κ2) is 6.67. The van der Waals surface area contributed by atoms with E-state index < -0.39 is 17.5 Å². The lowest BCUT2D eigenvalue weighted by Gasteiger charge is -2.20. The van der Waals surface area contributed by atoms with Crippen LogP contribution < -0.4 is 0 Å². The molecular formula is C19H16F2N4O. The minimum atomic E-state index is -0.940. The fourth-order valence-corrected chi connectivity index (χ4v) is 3.24. The topological polar surface area (TPSA) is 61.9 Å². The molecule has 4 rings (SSSR count). The molecule has 1 N–H and O–H groups in total. The number of H-pyrrole nitrogens is 1. The second-order valence-corrected chi connectivity index (χ2v) is 6.17. The van der Waals surface area contributed by atoms with Gasteiger partial charge < -0.3 is 4.90 Å². The van der Waals surface area contributed by atoms with Crippen molar-refractivity contribution in [1.29, 1.82) is 0 Å². The summed E-state index contributed by atoms with van der Waals surface area (Å²) in [6, 6.07) is 10.5. The number of benzene rings is 1. The molecule has 0 fully saturated rings. The van der Waals surface area contributed by atoms with Gasteiger partial charge in [0.2, 0.25) is 0 Å². The van der Waals surface area contributed by atoms with E-state index in [1.807, 2.05) is 30.3 Å². The van der Waals surface area contributed by atoms with Crippen molar-refractivity contribution < 1.29 is 13.6 Å². The Balaban J connectivity index is 1.57. The molecule has 132 valence electrons. The summed E-state index contributed by atoms with van der Waals surface area (Å²) in [5.41, 5.74) is 3.58. The number of nitrogens with zero attached hydrogens (tertiary/aromatic N) is 3. The van der Waals surface area contributed by atoms with E-state index >= 15 is 0 Å². The highest BCUT2D eigenvalue weighted by Gasteiger charge is 2.26. The molecule has 0 saturated carbocycles. The maximum atomic E-state index is 13.9. The van der Waals surface area contributed by atoms with Crippen LogP contribution in [-0.2, 0) is 12.8 Å². The average molecular weight is 354 g/mol. The van der Waals surface area contributed by atoms with Crippen molar-refractivity contribution in [2.24, 2.45) is 0 Å². The number of rotatable bonds is 2. The Labute approximate surface area is 148 Å². The number of hydrogen-bond donors (Lipinski definition) is 1. The van der Waals surface area contributed by atoms with Crippen LogP contribution in [0.5, 0.6) is 0 Å². The zero-order valence-electron chi connectivity index (χ0n) is 13.9. The summed E-state index contributed by atoms with van der Waals surface area (Å²) in [5, 5.41) is 7.47. The molecule has 1 aliphatic rings. The van der Waals surface area contributed by atoms with Gasteiger partial charge in [-0.05, 0) is 6.42 Å². The Morgan fingerprint density at radius 1 is 1.12 bits per heavy atom. The molecule has 1 aliphatic heterocycles. The normalized spacial score (nSPS) is 14.0. The first kappa shape index (κ1) is 16.4. The van der Waals surface area contributed by atoms with Crippen LogP contribution in [0.15, 0.2) is 42.6 Å². The molecule has 0 bridgehead atoms. The van der Waals surface area contributed by atoms with Gasteiger partial charge in [-0.2, -0.15) is 5.10 Å². The van der Waals surface area contributed by atoms with Crippen LogP contribution in [0.1, 0.15) is 21.7 Å². The molecule has 0 spiro atoms. The molecule has 0 aliphatic carbocycles. The zero-order chi connectivity index (χ0) is 18.1. The fraction of sp³-hybridized carbons (Fsp3) is 0.211. The molecule has 0 radical (unpaired) electrons. The van der Waals surface area contributed by atoms with Crippen molar-refractivity contribution in [3.8, 4) is 11.3 Å². The van der Waals surface area contributed by atoms with Gasteiger partial charge in [-0.25, -0.2) is 13.8 Å². The Morgan fingerprint density at radius 3 is 2.65 bits per heavy atom. The van der Waals surface area contributed by atoms with Crippen molar-refractivity contribution in [3.05, 3.63) is 71.2 Å². The molecule has 3 heterocycles. The summed E-state index contributed by atoms with van der Waals surface area (Å²) < 4.78 is 26.9. The molecule has 7 heteroatoms. The van der Waals surface area contributed by atoms with E-state index in [9.17, 15) is 13.6 Å². The third-order valence-electron chi connectivity index (χ3n) is 4.56. The summed E-state index contributed by atoms with van der Waals surface area (Å²) >= 11 is 0. The summed E-state index contributed by atoms with van der Waals surface area (Å²) in [6.07, 6.45) is 2.04. The number of carbonyl (C=O) groups is 1. The van der Waals surface area contributed by atoms with Crippen LogP contribution in [0.25, 0.3) is 11.3 Å². The highest BCUT2D eigenvalue weighted by molar-refractivity contribution is 5.92. The standard InChI is InChI=1S/C19H16F2N4O/c20-13-10-15(21)18(22-11-13)19(26)25-8-6-14-16(7-9-25)23-24-17(14)12-4-2-1-3-5-12/h1-5,10-11H,6-9H2,(H,23,24). The third-order valence-corrected chi connectivity index (χ3v) is 4.56. The van der Waals surface area contributed by atoms with Gasteiger partial charge in [0.25, 0.3) is 5.91 Å². The van der Waals surface area contributed by atoms with Gasteiger partial charge in [-0.15, -0.1) is 0 Å². The minimum Gasteiger partial charge on any atom is -0.336 e. The van der Waals surface area contributed by atoms with Gasteiger partial charge in [-0.1, -0.05) is 30.3 Å². The zero-order valence-corrected chi connectivity index (χ0v) is 13.9. The Morgan fingerprint density at radius 2 is 1.88 bits per heavy atom. The van der Waals surface area contributed by atoms with Crippen LogP contribution in [0.2, 0.25) is 0 Å². The van der Waals surface area contributed by atoms with Gasteiger partial charge in [-0.3, -0.25) is 9.89 Å². The van der Waals surface area contributed by atoms with E-state index in [1.54, 1.807) is 4.90 Å². The fourth-order valence-electron chi connectivity index (χ4n) is 3.24. The summed E-state index contributed by atoms with van der Waals surface area (Å²) in [6.45, 7) is 0.838. The number of fused-ring (bicyclic) bond motifs is 1. The molecule has 1 aromatic carbocycles. The lowest BCUT2D eigenvalue weighted by Crippen LogP contribution is -2.34. The number of amides is 1. The monoisotopic (exact) mass is 354 g/mol. The molecule has 0 saturated heterocycles. The van der Waals surface area contributed by atoms with Crippen molar-refractivity contribution >= 4 is 5.91 Å². The number of halogens is 2. The van der Waals surface area contributed by atoms with Crippen molar-refractivity contribution in [2.75, 3.05) is 13.1 Å². The number of hydrogen-bond acceptors (Lipinski definition) is 3. The number of nitrogens with one attached hydrogen (secondary N) is 1. The number of aromatic amines is 1. The number of pyridine rings is 1. The maximum Gasteiger partial charge on any atom is 0.275 e. The molecule has 3 aromatic rings. The van der Waals surface area contributed by atoms with E-state index in [0.717, 1.165) is 28.7 Å². The Kier molecular flexibility index (Phi) is 4.20. The molecule has 0 atom stereocenters. The highest BCUT2D eigenvalue weighted by atomic mass is 19.1. The molecule has 0 unspecified atom stereocenters. The van der Waals surface area contributed by atoms with Gasteiger partial charge in [0.1, 0.15) is 5.82 Å². The predicted octanol–water partition coefficient (Wildman–Crippen LogP) is 2.99. The summed E-state index contributed by atoms with van der Waals surface area (Å²) in [4.78, 5) is 17.8. The van der Waals surface area contributed by atoms with Crippen LogP contribution >= 0.6 is 0 Å². The molecule has 1 amide bonds. The molecule has 26 heavy (non-hydrogen) atoms. The third kappa shape index (κ3) is 2.96. The summed E-state index contributed by atoms with van der Waals surface area (Å²) in [7, 11) is 0. The first-order valence-corrected chi connectivity index (χ1v) is 8.35. The van der Waals surface area contributed by atoms with Crippen molar-refractivity contribution in [1.82, 2.24) is 20.1 Å².